The lowest BCUT2D eigenvalue weighted by Crippen LogP contribution is -2.25. The molecule has 3 aromatic heterocycles. The van der Waals surface area contributed by atoms with Crippen LogP contribution in [0.15, 0.2) is 71.2 Å². The Morgan fingerprint density at radius 1 is 1.22 bits per heavy atom. The van der Waals surface area contributed by atoms with Crippen LogP contribution in [-0.2, 0) is 21.5 Å². The number of furan rings is 1. The maximum atomic E-state index is 14.7. The van der Waals surface area contributed by atoms with E-state index in [0.717, 1.165) is 10.6 Å². The molecule has 9 nitrogen and oxygen atoms in total. The zero-order chi connectivity index (χ0) is 32.0. The molecule has 4 heterocycles. The number of alkyl halides is 1. The largest absolute Gasteiger partial charge is 0.470 e. The fourth-order valence-corrected chi connectivity index (χ4v) is 5.86. The Bertz CT molecular complexity index is 2240. The van der Waals surface area contributed by atoms with Gasteiger partial charge in [0.05, 0.1) is 36.0 Å². The number of methoxy groups -OCH3 is 1. The molecule has 0 saturated carbocycles. The number of esters is 1. The SMILES string of the molecule is C#C/C=C(\C=C/CF)c1oc2cc(N(C)S(C)(=O)=O)c(-c3ccc4c(n3)-c3cc5c(F)cccc5n3CO4)cc2c1C(=O)OC. The number of hydrogen-bond donors (Lipinski definition) is 0. The van der Waals surface area contributed by atoms with Crippen molar-refractivity contribution in [2.24, 2.45) is 0 Å². The Kier molecular flexibility index (Phi) is 7.42. The van der Waals surface area contributed by atoms with Crippen molar-refractivity contribution in [1.82, 2.24) is 9.55 Å². The summed E-state index contributed by atoms with van der Waals surface area (Å²) in [5, 5.41) is 0.683. The number of nitrogens with zero attached hydrogens (tertiary/aromatic N) is 3. The van der Waals surface area contributed by atoms with E-state index in [2.05, 4.69) is 5.92 Å². The predicted octanol–water partition coefficient (Wildman–Crippen LogP) is 6.33. The third-order valence-electron chi connectivity index (χ3n) is 7.54. The summed E-state index contributed by atoms with van der Waals surface area (Å²) in [4.78, 5) is 18.0. The highest BCUT2D eigenvalue weighted by atomic mass is 32.2. The number of pyridine rings is 1. The summed E-state index contributed by atoms with van der Waals surface area (Å²) in [7, 11) is -1.22. The van der Waals surface area contributed by atoms with Crippen LogP contribution in [-0.4, -0.2) is 51.0 Å². The van der Waals surface area contributed by atoms with Crippen molar-refractivity contribution >= 4 is 49.1 Å². The van der Waals surface area contributed by atoms with Crippen molar-refractivity contribution in [2.75, 3.05) is 31.4 Å². The minimum absolute atomic E-state index is 0.00390. The number of terminal acetylenes is 1. The number of allylic oxidation sites excluding steroid dienone is 4. The normalized spacial score (nSPS) is 13.0. The molecule has 1 aliphatic heterocycles. The first kappa shape index (κ1) is 29.7. The topological polar surface area (TPSA) is 104 Å². The average molecular weight is 630 g/mol. The molecule has 45 heavy (non-hydrogen) atoms. The van der Waals surface area contributed by atoms with Crippen molar-refractivity contribution in [3.63, 3.8) is 0 Å². The third kappa shape index (κ3) is 5.01. The quantitative estimate of drug-likeness (QED) is 0.118. The summed E-state index contributed by atoms with van der Waals surface area (Å²) in [6.45, 7) is -0.641. The number of halogens is 2. The Hall–Kier alpha value is -5.41. The van der Waals surface area contributed by atoms with Gasteiger partial charge in [-0.1, -0.05) is 24.1 Å². The number of benzene rings is 2. The lowest BCUT2D eigenvalue weighted by atomic mass is 10.0. The molecule has 0 saturated heterocycles. The molecule has 0 amide bonds. The van der Waals surface area contributed by atoms with Gasteiger partial charge in [-0.15, -0.1) is 6.42 Å². The van der Waals surface area contributed by atoms with Crippen molar-refractivity contribution < 1.29 is 35.9 Å². The summed E-state index contributed by atoms with van der Waals surface area (Å²) in [5.41, 5.74) is 2.90. The van der Waals surface area contributed by atoms with Crippen LogP contribution in [0.25, 0.3) is 50.1 Å². The first-order chi connectivity index (χ1) is 21.6. The van der Waals surface area contributed by atoms with Gasteiger partial charge in [0.2, 0.25) is 10.0 Å². The summed E-state index contributed by atoms with van der Waals surface area (Å²) in [5.74, 6) is 1.69. The van der Waals surface area contributed by atoms with Gasteiger partial charge in [0, 0.05) is 35.0 Å². The van der Waals surface area contributed by atoms with Gasteiger partial charge >= 0.3 is 5.97 Å². The molecule has 0 radical (unpaired) electrons. The van der Waals surface area contributed by atoms with Crippen LogP contribution in [0.5, 0.6) is 5.75 Å². The number of carbonyl (C=O) groups is 1. The fraction of sp³-hybridized carbons (Fsp3) is 0.152. The van der Waals surface area contributed by atoms with Gasteiger partial charge < -0.3 is 18.5 Å². The van der Waals surface area contributed by atoms with Crippen molar-refractivity contribution in [1.29, 1.82) is 0 Å². The van der Waals surface area contributed by atoms with E-state index >= 15 is 0 Å². The molecule has 5 aromatic rings. The number of ether oxygens (including phenoxy) is 2. The lowest BCUT2D eigenvalue weighted by molar-refractivity contribution is 0.0601. The van der Waals surface area contributed by atoms with Gasteiger partial charge in [0.15, 0.2) is 12.5 Å². The highest BCUT2D eigenvalue weighted by Crippen LogP contribution is 2.43. The smallest absolute Gasteiger partial charge is 0.342 e. The van der Waals surface area contributed by atoms with Gasteiger partial charge in [-0.2, -0.15) is 0 Å². The van der Waals surface area contributed by atoms with E-state index in [1.54, 1.807) is 41.0 Å². The van der Waals surface area contributed by atoms with E-state index in [1.807, 2.05) is 0 Å². The van der Waals surface area contributed by atoms with E-state index in [9.17, 15) is 22.0 Å². The Morgan fingerprint density at radius 3 is 2.73 bits per heavy atom. The number of sulfonamides is 1. The number of carbonyl (C=O) groups excluding carboxylic acids is 1. The molecule has 0 aliphatic carbocycles. The molecule has 228 valence electrons. The second-order valence-corrected chi connectivity index (χ2v) is 12.2. The molecule has 1 aliphatic rings. The van der Waals surface area contributed by atoms with Crippen LogP contribution in [0.4, 0.5) is 14.5 Å². The molecular formula is C33H25F2N3O6S. The molecule has 0 spiro atoms. The van der Waals surface area contributed by atoms with Crippen molar-refractivity contribution in [3.05, 3.63) is 83.9 Å². The monoisotopic (exact) mass is 629 g/mol. The molecule has 0 N–H and O–H groups in total. The van der Waals surface area contributed by atoms with E-state index in [4.69, 9.17) is 25.3 Å². The zero-order valence-electron chi connectivity index (χ0n) is 24.3. The highest BCUT2D eigenvalue weighted by molar-refractivity contribution is 7.92. The van der Waals surface area contributed by atoms with Crippen molar-refractivity contribution in [2.45, 2.75) is 6.73 Å². The zero-order valence-corrected chi connectivity index (χ0v) is 25.1. The van der Waals surface area contributed by atoms with E-state index in [-0.39, 0.29) is 46.1 Å². The van der Waals surface area contributed by atoms with Crippen LogP contribution in [0, 0.1) is 18.2 Å². The second-order valence-electron chi connectivity index (χ2n) is 10.2. The van der Waals surface area contributed by atoms with E-state index in [0.29, 0.717) is 39.3 Å². The van der Waals surface area contributed by atoms with Gasteiger partial charge in [0.1, 0.15) is 35.1 Å². The fourth-order valence-electron chi connectivity index (χ4n) is 5.35. The number of aromatic nitrogens is 2. The Labute approximate surface area is 257 Å². The van der Waals surface area contributed by atoms with E-state index in [1.165, 1.54) is 44.5 Å². The first-order valence-electron chi connectivity index (χ1n) is 13.5. The molecule has 2 aromatic carbocycles. The van der Waals surface area contributed by atoms with Crippen LogP contribution < -0.4 is 9.04 Å². The highest BCUT2D eigenvalue weighted by Gasteiger charge is 2.29. The van der Waals surface area contributed by atoms with Gasteiger partial charge in [0.25, 0.3) is 0 Å². The van der Waals surface area contributed by atoms with Crippen LogP contribution in [0.1, 0.15) is 16.1 Å². The maximum absolute atomic E-state index is 14.7. The lowest BCUT2D eigenvalue weighted by Gasteiger charge is -2.23. The van der Waals surface area contributed by atoms with Gasteiger partial charge in [-0.05, 0) is 42.5 Å². The maximum Gasteiger partial charge on any atom is 0.342 e. The number of hydrogen-bond acceptors (Lipinski definition) is 7. The Balaban J connectivity index is 1.64. The molecule has 12 heteroatoms. The summed E-state index contributed by atoms with van der Waals surface area (Å²) in [6.07, 6.45) is 10.4. The first-order valence-corrected chi connectivity index (χ1v) is 15.4. The van der Waals surface area contributed by atoms with Crippen LogP contribution in [0.3, 0.4) is 0 Å². The van der Waals surface area contributed by atoms with Crippen LogP contribution in [0.2, 0.25) is 0 Å². The molecule has 0 bridgehead atoms. The molecule has 0 fully saturated rings. The summed E-state index contributed by atoms with van der Waals surface area (Å²) >= 11 is 0. The standard InChI is InChI=1S/C33H25F2N3O6S/c1-5-8-19(9-7-14-34)32-30(33(39)42-3)22-15-21(26(17-29(22)44-32)37(2)45(4,40)41)24-12-13-28-31(36-24)27-16-20-23(35)10-6-11-25(20)38(27)18-43-28/h1,6-13,15-17H,14,18H2,2-4H3/b9-7-,19-8+. The minimum Gasteiger partial charge on any atom is -0.470 e. The molecule has 6 rings (SSSR count). The molecular weight excluding hydrogens is 604 g/mol. The predicted molar refractivity (Wildman–Crippen MR) is 167 cm³/mol. The second kappa shape index (κ2) is 11.3. The Morgan fingerprint density at radius 2 is 2.02 bits per heavy atom. The molecule has 0 atom stereocenters. The number of anilines is 1. The van der Waals surface area contributed by atoms with E-state index < -0.39 is 22.7 Å². The summed E-state index contributed by atoms with van der Waals surface area (Å²) in [6, 6.07) is 12.9. The number of rotatable bonds is 7. The minimum atomic E-state index is -3.79. The van der Waals surface area contributed by atoms with Gasteiger partial charge in [-0.25, -0.2) is 27.0 Å². The summed E-state index contributed by atoms with van der Waals surface area (Å²) < 4.78 is 73.2. The molecule has 0 unspecified atom stereocenters. The van der Waals surface area contributed by atoms with Gasteiger partial charge in [-0.3, -0.25) is 4.31 Å². The van der Waals surface area contributed by atoms with Crippen LogP contribution >= 0.6 is 0 Å². The third-order valence-corrected chi connectivity index (χ3v) is 8.73. The number of fused-ring (bicyclic) bond motifs is 6. The van der Waals surface area contributed by atoms with Crippen molar-refractivity contribution in [3.8, 4) is 40.7 Å². The average Bonchev–Trinajstić information content (AvgIpc) is 3.60.